The molecule has 18 heavy (non-hydrogen) atoms. The first kappa shape index (κ1) is 12.6. The fourth-order valence-electron chi connectivity index (χ4n) is 1.57. The van der Waals surface area contributed by atoms with Gasteiger partial charge in [0.1, 0.15) is 0 Å². The Labute approximate surface area is 108 Å². The second-order valence-corrected chi connectivity index (χ2v) is 4.76. The second-order valence-electron chi connectivity index (χ2n) is 3.64. The third kappa shape index (κ3) is 2.90. The fraction of sp³-hybridized carbons (Fsp3) is 0.0714. The molecular weight excluding hydrogens is 251 g/mol. The predicted octanol–water partition coefficient (Wildman–Crippen LogP) is 4.15. The number of hydrogen-bond acceptors (Lipinski definition) is 2. The van der Waals surface area contributed by atoms with Crippen LogP contribution in [0.4, 0.5) is 4.39 Å². The smallest absolute Gasteiger partial charge is 0.336 e. The van der Waals surface area contributed by atoms with Crippen LogP contribution in [0, 0.1) is 0 Å². The molecule has 0 saturated carbocycles. The molecule has 4 heteroatoms. The summed E-state index contributed by atoms with van der Waals surface area (Å²) >= 11 is 0.998. The van der Waals surface area contributed by atoms with Gasteiger partial charge in [-0.3, -0.25) is 0 Å². The van der Waals surface area contributed by atoms with E-state index in [1.165, 1.54) is 12.1 Å². The second kappa shape index (κ2) is 5.69. The molecule has 0 bridgehead atoms. The van der Waals surface area contributed by atoms with Crippen LogP contribution >= 0.6 is 11.8 Å². The molecule has 1 atom stereocenters. The summed E-state index contributed by atoms with van der Waals surface area (Å²) in [6.07, 6.45) is 0. The van der Waals surface area contributed by atoms with Gasteiger partial charge in [0.05, 0.1) is 5.56 Å². The number of halogens is 1. The van der Waals surface area contributed by atoms with Gasteiger partial charge in [-0.2, -0.15) is 0 Å². The minimum absolute atomic E-state index is 0.00781. The number of carbonyl (C=O) groups is 1. The lowest BCUT2D eigenvalue weighted by molar-refractivity contribution is 0.0694. The number of carboxylic acids is 1. The summed E-state index contributed by atoms with van der Waals surface area (Å²) in [5.74, 6) is -1.11. The van der Waals surface area contributed by atoms with Crippen LogP contribution in [-0.4, -0.2) is 11.1 Å². The van der Waals surface area contributed by atoms with Crippen LogP contribution < -0.4 is 0 Å². The van der Waals surface area contributed by atoms with Crippen LogP contribution in [0.5, 0.6) is 0 Å². The molecule has 0 aromatic heterocycles. The van der Waals surface area contributed by atoms with E-state index >= 15 is 0 Å². The average Bonchev–Trinajstić information content (AvgIpc) is 2.40. The number of rotatable bonds is 4. The Morgan fingerprint density at radius 1 is 1.06 bits per heavy atom. The van der Waals surface area contributed by atoms with Crippen molar-refractivity contribution in [3.8, 4) is 0 Å². The minimum atomic E-state index is -1.39. The van der Waals surface area contributed by atoms with E-state index in [1.807, 2.05) is 18.2 Å². The Morgan fingerprint density at radius 2 is 1.67 bits per heavy atom. The van der Waals surface area contributed by atoms with Gasteiger partial charge in [0, 0.05) is 10.5 Å². The maximum atomic E-state index is 14.1. The predicted molar refractivity (Wildman–Crippen MR) is 69.5 cm³/mol. The van der Waals surface area contributed by atoms with Crippen LogP contribution in [0.1, 0.15) is 21.4 Å². The normalized spacial score (nSPS) is 12.1. The summed E-state index contributed by atoms with van der Waals surface area (Å²) in [6.45, 7) is 0. The number of thioether (sulfide) groups is 1. The van der Waals surface area contributed by atoms with Crippen molar-refractivity contribution in [2.24, 2.45) is 0 Å². The Hall–Kier alpha value is -1.81. The third-order valence-electron chi connectivity index (χ3n) is 2.42. The number of alkyl halides is 1. The number of carboxylic acid groups (broad SMARTS) is 1. The SMILES string of the molecule is O=C(O)c1ccccc1C(F)Sc1ccccc1. The molecule has 0 radical (unpaired) electrons. The average molecular weight is 262 g/mol. The zero-order chi connectivity index (χ0) is 13.0. The molecule has 0 aliphatic rings. The molecule has 0 heterocycles. The van der Waals surface area contributed by atoms with Crippen molar-refractivity contribution >= 4 is 17.7 Å². The minimum Gasteiger partial charge on any atom is -0.478 e. The summed E-state index contributed by atoms with van der Waals surface area (Å²) < 4.78 is 14.1. The van der Waals surface area contributed by atoms with Crippen molar-refractivity contribution < 1.29 is 14.3 Å². The van der Waals surface area contributed by atoms with Crippen molar-refractivity contribution in [2.75, 3.05) is 0 Å². The maximum Gasteiger partial charge on any atom is 0.336 e. The van der Waals surface area contributed by atoms with E-state index < -0.39 is 11.5 Å². The molecule has 2 rings (SSSR count). The van der Waals surface area contributed by atoms with Crippen molar-refractivity contribution in [3.63, 3.8) is 0 Å². The monoisotopic (exact) mass is 262 g/mol. The summed E-state index contributed by atoms with van der Waals surface area (Å²) in [4.78, 5) is 11.8. The van der Waals surface area contributed by atoms with Gasteiger partial charge in [-0.05, 0) is 18.2 Å². The van der Waals surface area contributed by atoms with Gasteiger partial charge < -0.3 is 5.11 Å². The standard InChI is InChI=1S/C14H11FO2S/c15-13(18-10-6-2-1-3-7-10)11-8-4-5-9-12(11)14(16)17/h1-9,13H,(H,16,17). The molecule has 1 N–H and O–H groups in total. The molecule has 0 amide bonds. The van der Waals surface area contributed by atoms with E-state index in [0.29, 0.717) is 0 Å². The van der Waals surface area contributed by atoms with Crippen LogP contribution in [0.25, 0.3) is 0 Å². The Balaban J connectivity index is 2.24. The molecule has 2 aromatic rings. The van der Waals surface area contributed by atoms with E-state index in [1.54, 1.807) is 24.3 Å². The molecule has 0 spiro atoms. The van der Waals surface area contributed by atoms with Gasteiger partial charge in [-0.25, -0.2) is 9.18 Å². The van der Waals surface area contributed by atoms with Crippen molar-refractivity contribution in [2.45, 2.75) is 10.4 Å². The summed E-state index contributed by atoms with van der Waals surface area (Å²) in [6, 6.07) is 15.2. The van der Waals surface area contributed by atoms with Gasteiger partial charge in [-0.15, -0.1) is 0 Å². The molecule has 0 saturated heterocycles. The van der Waals surface area contributed by atoms with Crippen molar-refractivity contribution in [1.29, 1.82) is 0 Å². The quantitative estimate of drug-likeness (QED) is 0.841. The first-order valence-electron chi connectivity index (χ1n) is 5.36. The van der Waals surface area contributed by atoms with Gasteiger partial charge >= 0.3 is 5.97 Å². The van der Waals surface area contributed by atoms with Gasteiger partial charge in [0.15, 0.2) is 5.50 Å². The topological polar surface area (TPSA) is 37.3 Å². The highest BCUT2D eigenvalue weighted by molar-refractivity contribution is 7.99. The molecule has 0 fully saturated rings. The lowest BCUT2D eigenvalue weighted by Crippen LogP contribution is -2.02. The van der Waals surface area contributed by atoms with Crippen LogP contribution in [-0.2, 0) is 0 Å². The Kier molecular flexibility index (Phi) is 3.99. The third-order valence-corrected chi connectivity index (χ3v) is 3.42. The summed E-state index contributed by atoms with van der Waals surface area (Å²) in [5, 5.41) is 9.00. The first-order chi connectivity index (χ1) is 8.68. The lowest BCUT2D eigenvalue weighted by atomic mass is 10.1. The Morgan fingerprint density at radius 3 is 2.33 bits per heavy atom. The molecule has 2 nitrogen and oxygen atoms in total. The molecule has 0 aliphatic heterocycles. The van der Waals surface area contributed by atoms with E-state index in [0.717, 1.165) is 16.7 Å². The fourth-order valence-corrected chi connectivity index (χ4v) is 2.46. The van der Waals surface area contributed by atoms with Crippen molar-refractivity contribution in [3.05, 3.63) is 65.7 Å². The largest absolute Gasteiger partial charge is 0.478 e. The highest BCUT2D eigenvalue weighted by Crippen LogP contribution is 2.37. The van der Waals surface area contributed by atoms with Crippen molar-refractivity contribution in [1.82, 2.24) is 0 Å². The van der Waals surface area contributed by atoms with Crippen LogP contribution in [0.3, 0.4) is 0 Å². The van der Waals surface area contributed by atoms with E-state index in [-0.39, 0.29) is 11.1 Å². The highest BCUT2D eigenvalue weighted by atomic mass is 32.2. The number of aromatic carboxylic acids is 1. The van der Waals surface area contributed by atoms with Gasteiger partial charge in [0.2, 0.25) is 0 Å². The summed E-state index contributed by atoms with van der Waals surface area (Å²) in [5.41, 5.74) is -1.19. The zero-order valence-corrected chi connectivity index (χ0v) is 10.2. The van der Waals surface area contributed by atoms with Crippen LogP contribution in [0.2, 0.25) is 0 Å². The summed E-state index contributed by atoms with van der Waals surface area (Å²) in [7, 11) is 0. The van der Waals surface area contributed by atoms with Gasteiger partial charge in [0.25, 0.3) is 0 Å². The molecule has 1 unspecified atom stereocenters. The van der Waals surface area contributed by atoms with Crippen LogP contribution in [0.15, 0.2) is 59.5 Å². The maximum absolute atomic E-state index is 14.1. The molecule has 92 valence electrons. The number of hydrogen-bond donors (Lipinski definition) is 1. The zero-order valence-electron chi connectivity index (χ0n) is 9.42. The van der Waals surface area contributed by atoms with Gasteiger partial charge in [-0.1, -0.05) is 48.2 Å². The molecule has 2 aromatic carbocycles. The number of benzene rings is 2. The lowest BCUT2D eigenvalue weighted by Gasteiger charge is -2.10. The van der Waals surface area contributed by atoms with E-state index in [4.69, 9.17) is 5.11 Å². The molecule has 0 aliphatic carbocycles. The van der Waals surface area contributed by atoms with E-state index in [9.17, 15) is 9.18 Å². The highest BCUT2D eigenvalue weighted by Gasteiger charge is 2.18. The Bertz CT molecular complexity index is 543. The molecular formula is C14H11FO2S. The van der Waals surface area contributed by atoms with E-state index in [2.05, 4.69) is 0 Å². The first-order valence-corrected chi connectivity index (χ1v) is 6.24.